The molecule has 0 saturated carbocycles. The fraction of sp³-hybridized carbons (Fsp3) is 0.462. The highest BCUT2D eigenvalue weighted by Gasteiger charge is 2.25. The van der Waals surface area contributed by atoms with Gasteiger partial charge in [0.25, 0.3) is 5.69 Å². The minimum absolute atomic E-state index is 0. The molecule has 7 heteroatoms. The molecular weight excluding hydrogens is 284 g/mol. The number of non-ortho nitro benzene ring substituents is 1. The van der Waals surface area contributed by atoms with Crippen molar-refractivity contribution in [1.82, 2.24) is 4.90 Å². The molecule has 1 aliphatic heterocycles. The second kappa shape index (κ2) is 7.21. The maximum Gasteiger partial charge on any atom is 0.307 e. The van der Waals surface area contributed by atoms with Crippen LogP contribution < -0.4 is 0 Å². The van der Waals surface area contributed by atoms with Crippen LogP contribution in [0.3, 0.4) is 0 Å². The van der Waals surface area contributed by atoms with Crippen molar-refractivity contribution < 1.29 is 14.8 Å². The molecular formula is C13H17ClN2O4. The third-order valence-electron chi connectivity index (χ3n) is 3.38. The molecule has 0 spiro atoms. The van der Waals surface area contributed by atoms with Crippen molar-refractivity contribution in [2.45, 2.75) is 19.4 Å². The third-order valence-corrected chi connectivity index (χ3v) is 3.38. The number of piperidine rings is 1. The Morgan fingerprint density at radius 3 is 2.90 bits per heavy atom. The molecule has 1 fully saturated rings. The van der Waals surface area contributed by atoms with Crippen molar-refractivity contribution in [3.8, 4) is 0 Å². The molecule has 0 aromatic heterocycles. The molecule has 0 aliphatic carbocycles. The number of carboxylic acid groups (broad SMARTS) is 1. The molecule has 1 aromatic carbocycles. The van der Waals surface area contributed by atoms with Gasteiger partial charge < -0.3 is 5.11 Å². The van der Waals surface area contributed by atoms with Gasteiger partial charge in [-0.3, -0.25) is 19.8 Å². The van der Waals surface area contributed by atoms with E-state index >= 15 is 0 Å². The molecule has 20 heavy (non-hydrogen) atoms. The molecule has 1 N–H and O–H groups in total. The lowest BCUT2D eigenvalue weighted by molar-refractivity contribution is -0.384. The largest absolute Gasteiger partial charge is 0.481 e. The number of benzene rings is 1. The third kappa shape index (κ3) is 4.18. The molecule has 0 radical (unpaired) electrons. The first kappa shape index (κ1) is 16.4. The smallest absolute Gasteiger partial charge is 0.307 e. The summed E-state index contributed by atoms with van der Waals surface area (Å²) in [5.41, 5.74) is 0.921. The Morgan fingerprint density at radius 2 is 2.25 bits per heavy atom. The van der Waals surface area contributed by atoms with Crippen molar-refractivity contribution in [2.24, 2.45) is 5.92 Å². The van der Waals surface area contributed by atoms with Crippen molar-refractivity contribution in [1.29, 1.82) is 0 Å². The summed E-state index contributed by atoms with van der Waals surface area (Å²) in [5.74, 6) is -1.09. The molecule has 0 amide bonds. The zero-order valence-electron chi connectivity index (χ0n) is 10.9. The van der Waals surface area contributed by atoms with Crippen LogP contribution in [0.5, 0.6) is 0 Å². The average molecular weight is 301 g/mol. The van der Waals surface area contributed by atoms with Gasteiger partial charge in [-0.05, 0) is 24.9 Å². The van der Waals surface area contributed by atoms with Crippen LogP contribution in [0.4, 0.5) is 5.69 Å². The van der Waals surface area contributed by atoms with Crippen LogP contribution in [-0.4, -0.2) is 34.0 Å². The van der Waals surface area contributed by atoms with Crippen molar-refractivity contribution >= 4 is 24.1 Å². The normalized spacial score (nSPS) is 19.1. The topological polar surface area (TPSA) is 83.7 Å². The van der Waals surface area contributed by atoms with Gasteiger partial charge in [-0.2, -0.15) is 0 Å². The summed E-state index contributed by atoms with van der Waals surface area (Å²) >= 11 is 0. The predicted molar refractivity (Wildman–Crippen MR) is 76.0 cm³/mol. The molecule has 110 valence electrons. The number of carboxylic acids is 1. The molecule has 6 nitrogen and oxygen atoms in total. The molecule has 0 bridgehead atoms. The predicted octanol–water partition coefficient (Wildman–Crippen LogP) is 2.31. The van der Waals surface area contributed by atoms with Crippen molar-refractivity contribution in [2.75, 3.05) is 13.1 Å². The van der Waals surface area contributed by atoms with Crippen molar-refractivity contribution in [3.63, 3.8) is 0 Å². The van der Waals surface area contributed by atoms with E-state index in [1.54, 1.807) is 12.1 Å². The number of hydrogen-bond acceptors (Lipinski definition) is 4. The summed E-state index contributed by atoms with van der Waals surface area (Å²) in [4.78, 5) is 23.3. The number of nitrogens with zero attached hydrogens (tertiary/aromatic N) is 2. The highest BCUT2D eigenvalue weighted by molar-refractivity contribution is 5.85. The molecule has 1 saturated heterocycles. The molecule has 1 unspecified atom stereocenters. The number of aliphatic carboxylic acids is 1. The van der Waals surface area contributed by atoms with E-state index in [0.29, 0.717) is 19.5 Å². The number of carbonyl (C=O) groups is 1. The Labute approximate surface area is 123 Å². The summed E-state index contributed by atoms with van der Waals surface area (Å²) in [7, 11) is 0. The van der Waals surface area contributed by atoms with Crippen LogP contribution in [0.25, 0.3) is 0 Å². The van der Waals surface area contributed by atoms with E-state index in [1.165, 1.54) is 6.07 Å². The molecule has 1 aromatic rings. The minimum Gasteiger partial charge on any atom is -0.481 e. The quantitative estimate of drug-likeness (QED) is 0.681. The SMILES string of the molecule is Cl.O=C(O)C1CCCN(Cc2cccc([N+](=O)[O-])c2)C1. The summed E-state index contributed by atoms with van der Waals surface area (Å²) < 4.78 is 0. The van der Waals surface area contributed by atoms with Crippen LogP contribution in [-0.2, 0) is 11.3 Å². The van der Waals surface area contributed by atoms with E-state index in [1.807, 2.05) is 11.0 Å². The van der Waals surface area contributed by atoms with Gasteiger partial charge in [-0.15, -0.1) is 12.4 Å². The standard InChI is InChI=1S/C13H16N2O4.ClH/c16-13(17)11-4-2-6-14(9-11)8-10-3-1-5-12(7-10)15(18)19;/h1,3,5,7,11H,2,4,6,8-9H2,(H,16,17);1H. The number of nitro benzene ring substituents is 1. The first-order valence-corrected chi connectivity index (χ1v) is 6.25. The lowest BCUT2D eigenvalue weighted by Gasteiger charge is -2.30. The summed E-state index contributed by atoms with van der Waals surface area (Å²) in [5, 5.41) is 19.7. The van der Waals surface area contributed by atoms with E-state index < -0.39 is 10.9 Å². The Kier molecular flexibility index (Phi) is 5.91. The maximum absolute atomic E-state index is 11.0. The van der Waals surface area contributed by atoms with Gasteiger partial charge in [0.15, 0.2) is 0 Å². The number of likely N-dealkylation sites (tertiary alicyclic amines) is 1. The molecule has 1 heterocycles. The van der Waals surface area contributed by atoms with E-state index in [2.05, 4.69) is 0 Å². The first-order chi connectivity index (χ1) is 9.06. The number of hydrogen-bond donors (Lipinski definition) is 1. The van der Waals surface area contributed by atoms with Gasteiger partial charge in [-0.25, -0.2) is 0 Å². The van der Waals surface area contributed by atoms with Gasteiger partial charge in [0, 0.05) is 25.2 Å². The van der Waals surface area contributed by atoms with E-state index in [0.717, 1.165) is 18.5 Å². The van der Waals surface area contributed by atoms with Crippen LogP contribution >= 0.6 is 12.4 Å². The van der Waals surface area contributed by atoms with Crippen LogP contribution in [0.15, 0.2) is 24.3 Å². The monoisotopic (exact) mass is 300 g/mol. The Bertz CT molecular complexity index is 495. The number of halogens is 1. The highest BCUT2D eigenvalue weighted by Crippen LogP contribution is 2.20. The summed E-state index contributed by atoms with van der Waals surface area (Å²) in [6.07, 6.45) is 1.56. The fourth-order valence-electron chi connectivity index (χ4n) is 2.43. The fourth-order valence-corrected chi connectivity index (χ4v) is 2.43. The minimum atomic E-state index is -0.760. The lowest BCUT2D eigenvalue weighted by atomic mass is 9.98. The zero-order chi connectivity index (χ0) is 13.8. The Morgan fingerprint density at radius 1 is 1.50 bits per heavy atom. The average Bonchev–Trinajstić information content (AvgIpc) is 2.39. The second-order valence-electron chi connectivity index (χ2n) is 4.84. The van der Waals surface area contributed by atoms with Crippen molar-refractivity contribution in [3.05, 3.63) is 39.9 Å². The van der Waals surface area contributed by atoms with Gasteiger partial charge in [0.05, 0.1) is 10.8 Å². The molecule has 2 rings (SSSR count). The van der Waals surface area contributed by atoms with Crippen LogP contribution in [0, 0.1) is 16.0 Å². The number of rotatable bonds is 4. The van der Waals surface area contributed by atoms with Gasteiger partial charge in [0.1, 0.15) is 0 Å². The van der Waals surface area contributed by atoms with Gasteiger partial charge in [-0.1, -0.05) is 12.1 Å². The van der Waals surface area contributed by atoms with Crippen LogP contribution in [0.2, 0.25) is 0 Å². The maximum atomic E-state index is 11.0. The Balaban J connectivity index is 0.00000200. The lowest BCUT2D eigenvalue weighted by Crippen LogP contribution is -2.38. The van der Waals surface area contributed by atoms with E-state index in [-0.39, 0.29) is 24.0 Å². The first-order valence-electron chi connectivity index (χ1n) is 6.25. The molecule has 1 atom stereocenters. The van der Waals surface area contributed by atoms with E-state index in [9.17, 15) is 14.9 Å². The summed E-state index contributed by atoms with van der Waals surface area (Å²) in [6.45, 7) is 1.91. The Hall–Kier alpha value is -1.66. The molecule has 1 aliphatic rings. The number of nitro groups is 1. The van der Waals surface area contributed by atoms with Crippen LogP contribution in [0.1, 0.15) is 18.4 Å². The van der Waals surface area contributed by atoms with Gasteiger partial charge >= 0.3 is 5.97 Å². The highest BCUT2D eigenvalue weighted by atomic mass is 35.5. The summed E-state index contributed by atoms with van der Waals surface area (Å²) in [6, 6.07) is 6.49. The van der Waals surface area contributed by atoms with Gasteiger partial charge in [0.2, 0.25) is 0 Å². The van der Waals surface area contributed by atoms with E-state index in [4.69, 9.17) is 5.11 Å². The second-order valence-corrected chi connectivity index (χ2v) is 4.84. The zero-order valence-corrected chi connectivity index (χ0v) is 11.7.